The Labute approximate surface area is 130 Å². The summed E-state index contributed by atoms with van der Waals surface area (Å²) in [5.41, 5.74) is 2.18. The maximum absolute atomic E-state index is 9.69. The molecule has 0 aliphatic heterocycles. The van der Waals surface area contributed by atoms with Crippen LogP contribution in [-0.4, -0.2) is 11.7 Å². The van der Waals surface area contributed by atoms with Gasteiger partial charge in [-0.15, -0.1) is 0 Å². The van der Waals surface area contributed by atoms with Crippen molar-refractivity contribution >= 4 is 15.9 Å². The quantitative estimate of drug-likeness (QED) is 0.784. The minimum Gasteiger partial charge on any atom is -0.465 e. The first-order chi connectivity index (χ1) is 9.57. The molecular formula is C17H23BrO2. The molecule has 0 saturated heterocycles. The number of hydrogen-bond donors (Lipinski definition) is 1. The van der Waals surface area contributed by atoms with E-state index in [0.29, 0.717) is 0 Å². The van der Waals surface area contributed by atoms with Gasteiger partial charge in [0.15, 0.2) is 0 Å². The van der Waals surface area contributed by atoms with Crippen LogP contribution >= 0.6 is 15.9 Å². The molecule has 1 aliphatic rings. The monoisotopic (exact) mass is 338 g/mol. The Bertz CT molecular complexity index is 488. The lowest BCUT2D eigenvalue weighted by Gasteiger charge is -2.35. The van der Waals surface area contributed by atoms with Crippen LogP contribution in [0.15, 0.2) is 34.5 Å². The molecule has 0 spiro atoms. The molecule has 0 atom stereocenters. The second kappa shape index (κ2) is 6.77. The van der Waals surface area contributed by atoms with E-state index in [-0.39, 0.29) is 12.0 Å². The molecule has 1 N–H and O–H groups in total. The van der Waals surface area contributed by atoms with Crippen molar-refractivity contribution in [3.63, 3.8) is 0 Å². The molecule has 1 aromatic rings. The van der Waals surface area contributed by atoms with E-state index >= 15 is 0 Å². The van der Waals surface area contributed by atoms with Crippen molar-refractivity contribution in [2.45, 2.75) is 46.0 Å². The van der Waals surface area contributed by atoms with Gasteiger partial charge in [0.05, 0.1) is 12.9 Å². The summed E-state index contributed by atoms with van der Waals surface area (Å²) >= 11 is 3.51. The molecule has 0 bridgehead atoms. The average molecular weight is 339 g/mol. The van der Waals surface area contributed by atoms with Crippen molar-refractivity contribution in [3.8, 4) is 5.75 Å². The van der Waals surface area contributed by atoms with Gasteiger partial charge in [0, 0.05) is 10.0 Å². The first-order valence-corrected chi connectivity index (χ1v) is 8.08. The molecule has 0 radical (unpaired) electrons. The summed E-state index contributed by atoms with van der Waals surface area (Å²) in [4.78, 5) is 0. The standard InChI is InChI=1S/C17H23BrO2/c1-13-15(18)7-6-8-16(13)20-12-14(11-19)17(2)9-4-3-5-10-17/h6-8,12,19H,3-5,9-11H2,1-2H3/b14-12-. The largest absolute Gasteiger partial charge is 0.465 e. The van der Waals surface area contributed by atoms with E-state index in [2.05, 4.69) is 22.9 Å². The number of halogens is 1. The van der Waals surface area contributed by atoms with Crippen molar-refractivity contribution in [2.24, 2.45) is 5.41 Å². The van der Waals surface area contributed by atoms with Crippen molar-refractivity contribution in [1.82, 2.24) is 0 Å². The molecule has 3 heteroatoms. The SMILES string of the molecule is Cc1c(Br)cccc1O/C=C(/CO)C1(C)CCCCC1. The molecule has 0 heterocycles. The zero-order valence-corrected chi connectivity index (χ0v) is 13.9. The molecule has 0 aromatic heterocycles. The van der Waals surface area contributed by atoms with Crippen molar-refractivity contribution in [1.29, 1.82) is 0 Å². The summed E-state index contributed by atoms with van der Waals surface area (Å²) in [5, 5.41) is 9.69. The molecular weight excluding hydrogens is 316 g/mol. The van der Waals surface area contributed by atoms with Crippen LogP contribution in [0.4, 0.5) is 0 Å². The third-order valence-electron chi connectivity index (χ3n) is 4.45. The van der Waals surface area contributed by atoms with Crippen molar-refractivity contribution in [2.75, 3.05) is 6.61 Å². The van der Waals surface area contributed by atoms with Gasteiger partial charge in [0.25, 0.3) is 0 Å². The minimum atomic E-state index is 0.0730. The number of hydrogen-bond acceptors (Lipinski definition) is 2. The van der Waals surface area contributed by atoms with Crippen LogP contribution in [0.5, 0.6) is 5.75 Å². The third kappa shape index (κ3) is 3.44. The van der Waals surface area contributed by atoms with E-state index in [1.807, 2.05) is 25.1 Å². The molecule has 1 aliphatic carbocycles. The lowest BCUT2D eigenvalue weighted by molar-refractivity contribution is 0.214. The average Bonchev–Trinajstić information content (AvgIpc) is 2.44. The molecule has 110 valence electrons. The minimum absolute atomic E-state index is 0.0730. The van der Waals surface area contributed by atoms with Crippen LogP contribution in [0.3, 0.4) is 0 Å². The van der Waals surface area contributed by atoms with E-state index in [1.165, 1.54) is 19.3 Å². The Hall–Kier alpha value is -0.800. The summed E-state index contributed by atoms with van der Waals surface area (Å²) in [6.07, 6.45) is 7.83. The third-order valence-corrected chi connectivity index (χ3v) is 5.31. The Morgan fingerprint density at radius 2 is 2.05 bits per heavy atom. The number of ether oxygens (including phenoxy) is 1. The van der Waals surface area contributed by atoms with E-state index in [1.54, 1.807) is 6.26 Å². The van der Waals surface area contributed by atoms with Crippen LogP contribution in [0, 0.1) is 12.3 Å². The first kappa shape index (κ1) is 15.6. The van der Waals surface area contributed by atoms with Gasteiger partial charge in [0.1, 0.15) is 5.75 Å². The maximum atomic E-state index is 9.69. The highest BCUT2D eigenvalue weighted by Gasteiger charge is 2.30. The molecule has 1 saturated carbocycles. The predicted molar refractivity (Wildman–Crippen MR) is 85.9 cm³/mol. The zero-order chi connectivity index (χ0) is 14.6. The molecule has 1 fully saturated rings. The van der Waals surface area contributed by atoms with E-state index in [4.69, 9.17) is 4.74 Å². The van der Waals surface area contributed by atoms with Gasteiger partial charge >= 0.3 is 0 Å². The summed E-state index contributed by atoms with van der Waals surface area (Å²) in [6.45, 7) is 4.34. The van der Waals surface area contributed by atoms with E-state index in [9.17, 15) is 5.11 Å². The fourth-order valence-corrected chi connectivity index (χ4v) is 3.22. The van der Waals surface area contributed by atoms with Gasteiger partial charge < -0.3 is 9.84 Å². The zero-order valence-electron chi connectivity index (χ0n) is 12.3. The summed E-state index contributed by atoms with van der Waals surface area (Å²) in [7, 11) is 0. The highest BCUT2D eigenvalue weighted by atomic mass is 79.9. The highest BCUT2D eigenvalue weighted by Crippen LogP contribution is 2.42. The summed E-state index contributed by atoms with van der Waals surface area (Å²) in [5.74, 6) is 0.838. The molecule has 0 amide bonds. The van der Waals surface area contributed by atoms with Gasteiger partial charge in [0.2, 0.25) is 0 Å². The molecule has 0 unspecified atom stereocenters. The normalized spacial score (nSPS) is 18.9. The van der Waals surface area contributed by atoms with Gasteiger partial charge in [-0.25, -0.2) is 0 Å². The number of aliphatic hydroxyl groups is 1. The Kier molecular flexibility index (Phi) is 5.28. The molecule has 1 aromatic carbocycles. The maximum Gasteiger partial charge on any atom is 0.130 e. The van der Waals surface area contributed by atoms with Crippen LogP contribution in [0.25, 0.3) is 0 Å². The second-order valence-electron chi connectivity index (χ2n) is 5.90. The van der Waals surface area contributed by atoms with Crippen molar-refractivity contribution in [3.05, 3.63) is 40.1 Å². The van der Waals surface area contributed by atoms with Crippen LogP contribution in [0.1, 0.15) is 44.6 Å². The van der Waals surface area contributed by atoms with Crippen LogP contribution in [-0.2, 0) is 0 Å². The fourth-order valence-electron chi connectivity index (χ4n) is 2.87. The molecule has 20 heavy (non-hydrogen) atoms. The summed E-state index contributed by atoms with van der Waals surface area (Å²) in [6, 6.07) is 5.91. The van der Waals surface area contributed by atoms with Crippen molar-refractivity contribution < 1.29 is 9.84 Å². The second-order valence-corrected chi connectivity index (χ2v) is 6.76. The number of rotatable bonds is 4. The first-order valence-electron chi connectivity index (χ1n) is 7.29. The fraction of sp³-hybridized carbons (Fsp3) is 0.529. The van der Waals surface area contributed by atoms with Gasteiger partial charge in [-0.1, -0.05) is 48.2 Å². The lowest BCUT2D eigenvalue weighted by Crippen LogP contribution is -2.25. The Morgan fingerprint density at radius 3 is 2.70 bits per heavy atom. The lowest BCUT2D eigenvalue weighted by atomic mass is 9.71. The topological polar surface area (TPSA) is 29.5 Å². The van der Waals surface area contributed by atoms with E-state index < -0.39 is 0 Å². The van der Waals surface area contributed by atoms with Gasteiger partial charge in [-0.3, -0.25) is 0 Å². The van der Waals surface area contributed by atoms with Gasteiger partial charge in [-0.05, 0) is 42.9 Å². The van der Waals surface area contributed by atoms with Crippen LogP contribution in [0.2, 0.25) is 0 Å². The number of benzene rings is 1. The highest BCUT2D eigenvalue weighted by molar-refractivity contribution is 9.10. The molecule has 2 rings (SSSR count). The predicted octanol–water partition coefficient (Wildman–Crippen LogP) is 4.98. The Morgan fingerprint density at radius 1 is 1.35 bits per heavy atom. The van der Waals surface area contributed by atoms with E-state index in [0.717, 1.165) is 34.2 Å². The summed E-state index contributed by atoms with van der Waals surface area (Å²) < 4.78 is 6.88. The Balaban J connectivity index is 2.17. The number of aliphatic hydroxyl groups excluding tert-OH is 1. The molecule has 2 nitrogen and oxygen atoms in total. The smallest absolute Gasteiger partial charge is 0.130 e. The van der Waals surface area contributed by atoms with Crippen LogP contribution < -0.4 is 4.74 Å². The van der Waals surface area contributed by atoms with Gasteiger partial charge in [-0.2, -0.15) is 0 Å².